The van der Waals surface area contributed by atoms with Gasteiger partial charge in [0.25, 0.3) is 0 Å². The third-order valence-corrected chi connectivity index (χ3v) is 4.49. The summed E-state index contributed by atoms with van der Waals surface area (Å²) in [4.78, 5) is 4.00. The number of allylic oxidation sites excluding steroid dienone is 1. The zero-order chi connectivity index (χ0) is 19.5. The SMILES string of the molecule is C#Cc1ccccc1C.C=CN=C/C(=C\C)COc1ccc2c(c1)CCC2. The molecule has 2 aromatic carbocycles. The number of hydrogen-bond donors (Lipinski definition) is 0. The molecule has 0 N–H and O–H groups in total. The summed E-state index contributed by atoms with van der Waals surface area (Å²) in [7, 11) is 0. The molecule has 0 bridgehead atoms. The van der Waals surface area contributed by atoms with E-state index in [-0.39, 0.29) is 0 Å². The molecule has 0 saturated heterocycles. The van der Waals surface area contributed by atoms with Crippen molar-refractivity contribution in [3.8, 4) is 18.1 Å². The molecule has 0 aliphatic heterocycles. The lowest BCUT2D eigenvalue weighted by molar-refractivity contribution is 0.357. The molecule has 0 heterocycles. The number of aliphatic imine (C=N–C) groups is 1. The first-order chi connectivity index (χ1) is 13.2. The van der Waals surface area contributed by atoms with Gasteiger partial charge in [0.15, 0.2) is 0 Å². The fourth-order valence-corrected chi connectivity index (χ4v) is 2.88. The number of fused-ring (bicyclic) bond motifs is 1. The molecule has 0 aromatic heterocycles. The Bertz CT molecular complexity index is 868. The Morgan fingerprint density at radius 3 is 2.67 bits per heavy atom. The molecule has 138 valence electrons. The quantitative estimate of drug-likeness (QED) is 0.497. The van der Waals surface area contributed by atoms with Crippen molar-refractivity contribution in [1.29, 1.82) is 0 Å². The summed E-state index contributed by atoms with van der Waals surface area (Å²) in [5.74, 6) is 3.54. The highest BCUT2D eigenvalue weighted by Crippen LogP contribution is 2.26. The van der Waals surface area contributed by atoms with Crippen LogP contribution in [0.2, 0.25) is 0 Å². The van der Waals surface area contributed by atoms with Crippen LogP contribution in [-0.2, 0) is 12.8 Å². The van der Waals surface area contributed by atoms with Crippen LogP contribution in [0.1, 0.15) is 35.6 Å². The lowest BCUT2D eigenvalue weighted by Crippen LogP contribution is -2.02. The van der Waals surface area contributed by atoms with Crippen molar-refractivity contribution < 1.29 is 4.74 Å². The number of rotatable bonds is 5. The smallest absolute Gasteiger partial charge is 0.120 e. The summed E-state index contributed by atoms with van der Waals surface area (Å²) >= 11 is 0. The van der Waals surface area contributed by atoms with E-state index in [9.17, 15) is 0 Å². The predicted octanol–water partition coefficient (Wildman–Crippen LogP) is 5.69. The van der Waals surface area contributed by atoms with Crippen molar-refractivity contribution in [3.05, 3.63) is 89.1 Å². The Morgan fingerprint density at radius 1 is 1.22 bits per heavy atom. The molecule has 0 saturated carbocycles. The molecule has 0 fully saturated rings. The van der Waals surface area contributed by atoms with E-state index in [1.807, 2.05) is 44.2 Å². The van der Waals surface area contributed by atoms with E-state index >= 15 is 0 Å². The Balaban J connectivity index is 0.000000244. The summed E-state index contributed by atoms with van der Waals surface area (Å²) in [6.45, 7) is 8.10. The maximum atomic E-state index is 5.79. The number of nitrogens with zero attached hydrogens (tertiary/aromatic N) is 1. The van der Waals surface area contributed by atoms with Crippen LogP contribution in [0.25, 0.3) is 0 Å². The lowest BCUT2D eigenvalue weighted by Gasteiger charge is -2.08. The molecule has 2 heteroatoms. The molecule has 0 unspecified atom stereocenters. The summed E-state index contributed by atoms with van der Waals surface area (Å²) in [5, 5.41) is 0. The fraction of sp³-hybridized carbons (Fsp3) is 0.240. The second kappa shape index (κ2) is 10.8. The van der Waals surface area contributed by atoms with Crippen molar-refractivity contribution in [2.45, 2.75) is 33.1 Å². The minimum atomic E-state index is 0.548. The van der Waals surface area contributed by atoms with Gasteiger partial charge in [-0.1, -0.05) is 42.8 Å². The average molecular weight is 357 g/mol. The highest BCUT2D eigenvalue weighted by Gasteiger charge is 2.11. The first-order valence-corrected chi connectivity index (χ1v) is 9.24. The molecule has 0 radical (unpaired) electrons. The molecule has 27 heavy (non-hydrogen) atoms. The van der Waals surface area contributed by atoms with E-state index in [0.717, 1.165) is 16.9 Å². The maximum absolute atomic E-state index is 5.79. The van der Waals surface area contributed by atoms with Gasteiger partial charge in [0.1, 0.15) is 12.4 Å². The van der Waals surface area contributed by atoms with E-state index in [1.165, 1.54) is 42.2 Å². The third-order valence-electron chi connectivity index (χ3n) is 4.49. The van der Waals surface area contributed by atoms with Crippen molar-refractivity contribution >= 4 is 6.21 Å². The highest BCUT2D eigenvalue weighted by atomic mass is 16.5. The number of aryl methyl sites for hydroxylation is 3. The van der Waals surface area contributed by atoms with Crippen LogP contribution in [0, 0.1) is 19.3 Å². The van der Waals surface area contributed by atoms with Gasteiger partial charge in [0, 0.05) is 23.6 Å². The predicted molar refractivity (Wildman–Crippen MR) is 116 cm³/mol. The third kappa shape index (κ3) is 6.31. The molecule has 1 aliphatic carbocycles. The van der Waals surface area contributed by atoms with Gasteiger partial charge in [0.05, 0.1) is 0 Å². The van der Waals surface area contributed by atoms with Crippen LogP contribution in [-0.4, -0.2) is 12.8 Å². The molecular weight excluding hydrogens is 330 g/mol. The molecule has 2 nitrogen and oxygen atoms in total. The summed E-state index contributed by atoms with van der Waals surface area (Å²) in [6.07, 6.45) is 14.2. The van der Waals surface area contributed by atoms with Crippen LogP contribution in [0.15, 0.2) is 71.9 Å². The van der Waals surface area contributed by atoms with E-state index < -0.39 is 0 Å². The van der Waals surface area contributed by atoms with Crippen LogP contribution in [0.3, 0.4) is 0 Å². The molecule has 0 spiro atoms. The molecule has 3 rings (SSSR count). The molecule has 0 amide bonds. The summed E-state index contributed by atoms with van der Waals surface area (Å²) in [6, 6.07) is 14.3. The average Bonchev–Trinajstić information content (AvgIpc) is 3.17. The van der Waals surface area contributed by atoms with Gasteiger partial charge < -0.3 is 4.74 Å². The second-order valence-corrected chi connectivity index (χ2v) is 6.36. The number of benzene rings is 2. The largest absolute Gasteiger partial charge is 0.489 e. The van der Waals surface area contributed by atoms with Crippen LogP contribution < -0.4 is 4.74 Å². The van der Waals surface area contributed by atoms with E-state index in [4.69, 9.17) is 11.2 Å². The Morgan fingerprint density at radius 2 is 2.00 bits per heavy atom. The van der Waals surface area contributed by atoms with E-state index in [2.05, 4.69) is 35.7 Å². The topological polar surface area (TPSA) is 21.6 Å². The normalized spacial score (nSPS) is 12.7. The Kier molecular flexibility index (Phi) is 8.13. The highest BCUT2D eigenvalue weighted by molar-refractivity contribution is 5.79. The molecule has 1 aliphatic rings. The number of terminal acetylenes is 1. The first-order valence-electron chi connectivity index (χ1n) is 9.24. The number of hydrogen-bond acceptors (Lipinski definition) is 2. The zero-order valence-corrected chi connectivity index (χ0v) is 16.2. The van der Waals surface area contributed by atoms with Crippen molar-refractivity contribution in [1.82, 2.24) is 0 Å². The maximum Gasteiger partial charge on any atom is 0.120 e. The van der Waals surface area contributed by atoms with Gasteiger partial charge in [-0.05, 0) is 68.0 Å². The lowest BCUT2D eigenvalue weighted by atomic mass is 10.1. The van der Waals surface area contributed by atoms with Gasteiger partial charge in [-0.15, -0.1) is 6.42 Å². The van der Waals surface area contributed by atoms with Crippen LogP contribution >= 0.6 is 0 Å². The summed E-state index contributed by atoms with van der Waals surface area (Å²) < 4.78 is 5.79. The van der Waals surface area contributed by atoms with Gasteiger partial charge in [-0.3, -0.25) is 4.99 Å². The molecular formula is C25H27NO. The van der Waals surface area contributed by atoms with Crippen LogP contribution in [0.4, 0.5) is 0 Å². The molecule has 0 atom stereocenters. The summed E-state index contributed by atoms with van der Waals surface area (Å²) in [5.41, 5.74) is 6.11. The number of ether oxygens (including phenoxy) is 1. The van der Waals surface area contributed by atoms with Gasteiger partial charge in [-0.25, -0.2) is 0 Å². The van der Waals surface area contributed by atoms with Gasteiger partial charge >= 0.3 is 0 Å². The fourth-order valence-electron chi connectivity index (χ4n) is 2.88. The Hall–Kier alpha value is -3.05. The second-order valence-electron chi connectivity index (χ2n) is 6.36. The minimum absolute atomic E-state index is 0.548. The monoisotopic (exact) mass is 357 g/mol. The van der Waals surface area contributed by atoms with Gasteiger partial charge in [-0.2, -0.15) is 0 Å². The zero-order valence-electron chi connectivity index (χ0n) is 16.2. The first kappa shape index (κ1) is 20.3. The molecule has 2 aromatic rings. The van der Waals surface area contributed by atoms with E-state index in [1.54, 1.807) is 6.21 Å². The van der Waals surface area contributed by atoms with Crippen molar-refractivity contribution in [2.75, 3.05) is 6.61 Å². The minimum Gasteiger partial charge on any atom is -0.489 e. The van der Waals surface area contributed by atoms with Crippen molar-refractivity contribution in [3.63, 3.8) is 0 Å². The van der Waals surface area contributed by atoms with Gasteiger partial charge in [0.2, 0.25) is 0 Å². The standard InChI is InChI=1S/C16H19NO.C9H8/c1-3-13(11-17-4-2)12-18-16-9-8-14-6-5-7-15(14)10-16;1-3-9-7-5-4-6-8(9)2/h3-4,8-11H,2,5-7,12H2,1H3;1,4-7H,2H3/b13-3+,17-11?;. The van der Waals surface area contributed by atoms with E-state index in [0.29, 0.717) is 6.61 Å². The van der Waals surface area contributed by atoms with Crippen LogP contribution in [0.5, 0.6) is 5.75 Å². The van der Waals surface area contributed by atoms with Crippen molar-refractivity contribution in [2.24, 2.45) is 4.99 Å². The Labute approximate surface area is 163 Å².